The second-order valence-electron chi connectivity index (χ2n) is 6.95. The van der Waals surface area contributed by atoms with Crippen molar-refractivity contribution in [1.29, 1.82) is 0 Å². The highest BCUT2D eigenvalue weighted by atomic mass is 16.5. The number of anilines is 2. The molecular formula is C23H28N2O3. The van der Waals surface area contributed by atoms with Crippen molar-refractivity contribution in [3.63, 3.8) is 0 Å². The number of nitrogens with one attached hydrogen (secondary N) is 1. The minimum atomic E-state index is -0.378. The summed E-state index contributed by atoms with van der Waals surface area (Å²) < 4.78 is 5.66. The van der Waals surface area contributed by atoms with Crippen molar-refractivity contribution in [3.8, 4) is 5.75 Å². The fourth-order valence-corrected chi connectivity index (χ4v) is 3.70. The summed E-state index contributed by atoms with van der Waals surface area (Å²) in [4.78, 5) is 27.3. The van der Waals surface area contributed by atoms with Gasteiger partial charge in [0.15, 0.2) is 0 Å². The molecule has 148 valence electrons. The SMILES string of the molecule is CCOc1ccccc1N1C[C@@H](C(=O)Nc2c(CC)cccc2CC)CC1=O. The lowest BCUT2D eigenvalue weighted by atomic mass is 10.0. The van der Waals surface area contributed by atoms with Gasteiger partial charge in [0.25, 0.3) is 0 Å². The zero-order chi connectivity index (χ0) is 20.1. The minimum Gasteiger partial charge on any atom is -0.492 e. The zero-order valence-corrected chi connectivity index (χ0v) is 16.8. The third-order valence-electron chi connectivity index (χ3n) is 5.20. The number of carbonyl (C=O) groups is 2. The van der Waals surface area contributed by atoms with E-state index in [1.165, 1.54) is 0 Å². The first kappa shape index (κ1) is 19.9. The summed E-state index contributed by atoms with van der Waals surface area (Å²) in [5, 5.41) is 3.11. The van der Waals surface area contributed by atoms with Gasteiger partial charge in [0.2, 0.25) is 11.8 Å². The van der Waals surface area contributed by atoms with Crippen LogP contribution >= 0.6 is 0 Å². The van der Waals surface area contributed by atoms with Crippen LogP contribution in [0.5, 0.6) is 5.75 Å². The van der Waals surface area contributed by atoms with Gasteiger partial charge in [-0.25, -0.2) is 0 Å². The summed E-state index contributed by atoms with van der Waals surface area (Å²) in [5.74, 6) is 0.146. The molecule has 1 atom stereocenters. The van der Waals surface area contributed by atoms with Crippen LogP contribution in [0.3, 0.4) is 0 Å². The lowest BCUT2D eigenvalue weighted by Crippen LogP contribution is -2.29. The number of hydrogen-bond acceptors (Lipinski definition) is 3. The van der Waals surface area contributed by atoms with Crippen molar-refractivity contribution in [3.05, 3.63) is 53.6 Å². The van der Waals surface area contributed by atoms with Gasteiger partial charge in [-0.3, -0.25) is 9.59 Å². The molecule has 2 aromatic rings. The number of para-hydroxylation sites is 3. The van der Waals surface area contributed by atoms with Crippen molar-refractivity contribution >= 4 is 23.2 Å². The molecule has 0 unspecified atom stereocenters. The molecule has 1 heterocycles. The monoisotopic (exact) mass is 380 g/mol. The summed E-state index contributed by atoms with van der Waals surface area (Å²) in [7, 11) is 0. The highest BCUT2D eigenvalue weighted by Gasteiger charge is 2.36. The van der Waals surface area contributed by atoms with E-state index in [9.17, 15) is 9.59 Å². The number of hydrogen-bond donors (Lipinski definition) is 1. The van der Waals surface area contributed by atoms with E-state index in [1.807, 2.05) is 49.4 Å². The fraction of sp³-hybridized carbons (Fsp3) is 0.391. The number of aryl methyl sites for hydroxylation is 2. The normalized spacial score (nSPS) is 16.3. The van der Waals surface area contributed by atoms with Gasteiger partial charge in [0.1, 0.15) is 5.75 Å². The number of carbonyl (C=O) groups excluding carboxylic acids is 2. The molecule has 5 nitrogen and oxygen atoms in total. The van der Waals surface area contributed by atoms with Crippen LogP contribution in [0.15, 0.2) is 42.5 Å². The highest BCUT2D eigenvalue weighted by Crippen LogP contribution is 2.34. The molecule has 0 bridgehead atoms. The van der Waals surface area contributed by atoms with E-state index >= 15 is 0 Å². The average molecular weight is 380 g/mol. The first-order chi connectivity index (χ1) is 13.6. The Bertz CT molecular complexity index is 840. The molecule has 2 aromatic carbocycles. The maximum Gasteiger partial charge on any atom is 0.229 e. The van der Waals surface area contributed by atoms with Crippen LogP contribution in [0.1, 0.15) is 38.3 Å². The van der Waals surface area contributed by atoms with Gasteiger partial charge < -0.3 is 15.0 Å². The number of ether oxygens (including phenoxy) is 1. The van der Waals surface area contributed by atoms with E-state index in [0.29, 0.717) is 18.9 Å². The Morgan fingerprint density at radius 3 is 2.39 bits per heavy atom. The third-order valence-corrected chi connectivity index (χ3v) is 5.20. The topological polar surface area (TPSA) is 58.6 Å². The molecule has 3 rings (SSSR count). The Labute approximate surface area is 166 Å². The second-order valence-corrected chi connectivity index (χ2v) is 6.95. The average Bonchev–Trinajstić information content (AvgIpc) is 3.10. The van der Waals surface area contributed by atoms with Crippen LogP contribution in [0.25, 0.3) is 0 Å². The maximum absolute atomic E-state index is 13.0. The Morgan fingerprint density at radius 2 is 1.75 bits per heavy atom. The molecule has 0 spiro atoms. The highest BCUT2D eigenvalue weighted by molar-refractivity contribution is 6.04. The first-order valence-corrected chi connectivity index (χ1v) is 10.0. The van der Waals surface area contributed by atoms with E-state index < -0.39 is 0 Å². The van der Waals surface area contributed by atoms with Gasteiger partial charge in [-0.05, 0) is 43.0 Å². The predicted molar refractivity (Wildman–Crippen MR) is 112 cm³/mol. The van der Waals surface area contributed by atoms with Gasteiger partial charge in [0.05, 0.1) is 18.2 Å². The molecule has 1 aliphatic rings. The molecule has 0 saturated carbocycles. The fourth-order valence-electron chi connectivity index (χ4n) is 3.70. The van der Waals surface area contributed by atoms with Gasteiger partial charge in [-0.2, -0.15) is 0 Å². The molecule has 1 saturated heterocycles. The second kappa shape index (κ2) is 8.91. The number of nitrogens with zero attached hydrogens (tertiary/aromatic N) is 1. The van der Waals surface area contributed by atoms with Crippen LogP contribution < -0.4 is 15.0 Å². The van der Waals surface area contributed by atoms with Gasteiger partial charge in [-0.1, -0.05) is 44.2 Å². The standard InChI is InChI=1S/C23H28N2O3/c1-4-16-10-9-11-17(5-2)22(16)24-23(27)18-14-21(26)25(15-18)19-12-7-8-13-20(19)28-6-3/h7-13,18H,4-6,14-15H2,1-3H3,(H,24,27)/t18-/m0/s1. The Balaban J connectivity index is 1.79. The predicted octanol–water partition coefficient (Wildman–Crippen LogP) is 4.20. The molecule has 1 fully saturated rings. The molecule has 1 N–H and O–H groups in total. The summed E-state index contributed by atoms with van der Waals surface area (Å²) in [6.45, 7) is 6.96. The molecule has 0 aromatic heterocycles. The Hall–Kier alpha value is -2.82. The van der Waals surface area contributed by atoms with Crippen LogP contribution in [-0.4, -0.2) is 25.0 Å². The minimum absolute atomic E-state index is 0.0493. The first-order valence-electron chi connectivity index (χ1n) is 10.0. The van der Waals surface area contributed by atoms with E-state index in [4.69, 9.17) is 4.74 Å². The van der Waals surface area contributed by atoms with Gasteiger partial charge in [-0.15, -0.1) is 0 Å². The quantitative estimate of drug-likeness (QED) is 0.783. The molecule has 5 heteroatoms. The molecular weight excluding hydrogens is 352 g/mol. The number of amides is 2. The Morgan fingerprint density at radius 1 is 1.07 bits per heavy atom. The molecule has 0 radical (unpaired) electrons. The Kier molecular flexibility index (Phi) is 6.34. The van der Waals surface area contributed by atoms with Gasteiger partial charge in [0, 0.05) is 18.7 Å². The maximum atomic E-state index is 13.0. The largest absolute Gasteiger partial charge is 0.492 e. The zero-order valence-electron chi connectivity index (χ0n) is 16.8. The van der Waals surface area contributed by atoms with Crippen molar-refractivity contribution < 1.29 is 14.3 Å². The van der Waals surface area contributed by atoms with E-state index in [-0.39, 0.29) is 24.2 Å². The molecule has 0 aliphatic carbocycles. The molecule has 28 heavy (non-hydrogen) atoms. The lowest BCUT2D eigenvalue weighted by molar-refractivity contribution is -0.122. The van der Waals surface area contributed by atoms with Crippen LogP contribution in [0, 0.1) is 5.92 Å². The van der Waals surface area contributed by atoms with Crippen LogP contribution in [-0.2, 0) is 22.4 Å². The van der Waals surface area contributed by atoms with Crippen molar-refractivity contribution in [2.45, 2.75) is 40.0 Å². The van der Waals surface area contributed by atoms with Crippen molar-refractivity contribution in [2.75, 3.05) is 23.4 Å². The van der Waals surface area contributed by atoms with Crippen LogP contribution in [0.4, 0.5) is 11.4 Å². The van der Waals surface area contributed by atoms with E-state index in [0.717, 1.165) is 35.3 Å². The summed E-state index contributed by atoms with van der Waals surface area (Å²) >= 11 is 0. The van der Waals surface area contributed by atoms with Crippen molar-refractivity contribution in [1.82, 2.24) is 0 Å². The van der Waals surface area contributed by atoms with E-state index in [2.05, 4.69) is 19.2 Å². The lowest BCUT2D eigenvalue weighted by Gasteiger charge is -2.20. The number of rotatable bonds is 7. The number of benzene rings is 2. The van der Waals surface area contributed by atoms with Crippen molar-refractivity contribution in [2.24, 2.45) is 5.92 Å². The van der Waals surface area contributed by atoms with Crippen LogP contribution in [0.2, 0.25) is 0 Å². The third kappa shape index (κ3) is 4.03. The van der Waals surface area contributed by atoms with Gasteiger partial charge >= 0.3 is 0 Å². The smallest absolute Gasteiger partial charge is 0.229 e. The summed E-state index contributed by atoms with van der Waals surface area (Å²) in [6, 6.07) is 13.6. The molecule has 2 amide bonds. The molecule has 1 aliphatic heterocycles. The van der Waals surface area contributed by atoms with E-state index in [1.54, 1.807) is 4.90 Å². The summed E-state index contributed by atoms with van der Waals surface area (Å²) in [5.41, 5.74) is 3.87. The summed E-state index contributed by atoms with van der Waals surface area (Å²) in [6.07, 6.45) is 1.91.